The maximum atomic E-state index is 10.5. The summed E-state index contributed by atoms with van der Waals surface area (Å²) in [5.74, 6) is 0.0445. The van der Waals surface area contributed by atoms with Gasteiger partial charge in [0.25, 0.3) is 0 Å². The molecule has 1 aliphatic carbocycles. The summed E-state index contributed by atoms with van der Waals surface area (Å²) in [6.45, 7) is 0. The highest BCUT2D eigenvalue weighted by Gasteiger charge is 2.21. The van der Waals surface area contributed by atoms with Crippen molar-refractivity contribution in [3.05, 3.63) is 42.0 Å². The van der Waals surface area contributed by atoms with Crippen LogP contribution in [0.2, 0.25) is 0 Å². The van der Waals surface area contributed by atoms with Crippen LogP contribution in [-0.4, -0.2) is 27.3 Å². The highest BCUT2D eigenvalue weighted by Crippen LogP contribution is 2.24. The largest absolute Gasteiger partial charge is 0.481 e. The fraction of sp³-hybridized carbons (Fsp3) is 0.312. The third kappa shape index (κ3) is 3.78. The molecule has 21 heavy (non-hydrogen) atoms. The number of hydrogen-bond donors (Lipinski definition) is 2. The lowest BCUT2D eigenvalue weighted by Gasteiger charge is -2.05. The number of carboxylic acid groups (broad SMARTS) is 1. The Morgan fingerprint density at radius 3 is 2.48 bits per heavy atom. The van der Waals surface area contributed by atoms with E-state index in [0.29, 0.717) is 12.5 Å². The number of nitrogens with zero attached hydrogens (tertiary/aromatic N) is 2. The standard InChI is InChI=1S/C16H17N3O2/c20-16(21)10-3-11-1-4-12(5-2-11)14-8-9-15(19-18-14)17-13-6-7-13/h1-2,4-5,8-9,13H,3,6-7,10H2,(H,17,19)(H,20,21). The monoisotopic (exact) mass is 283 g/mol. The number of anilines is 1. The van der Waals surface area contributed by atoms with E-state index in [9.17, 15) is 4.79 Å². The van der Waals surface area contributed by atoms with Gasteiger partial charge < -0.3 is 10.4 Å². The van der Waals surface area contributed by atoms with Crippen molar-refractivity contribution < 1.29 is 9.90 Å². The Kier molecular flexibility index (Phi) is 3.81. The fourth-order valence-electron chi connectivity index (χ4n) is 2.09. The SMILES string of the molecule is O=C(O)CCc1ccc(-c2ccc(NC3CC3)nn2)cc1. The first-order valence-electron chi connectivity index (χ1n) is 7.12. The van der Waals surface area contributed by atoms with E-state index in [-0.39, 0.29) is 6.42 Å². The molecule has 1 aromatic heterocycles. The highest BCUT2D eigenvalue weighted by molar-refractivity contribution is 5.67. The fourth-order valence-corrected chi connectivity index (χ4v) is 2.09. The number of benzene rings is 1. The molecule has 2 aromatic rings. The van der Waals surface area contributed by atoms with Crippen molar-refractivity contribution in [3.8, 4) is 11.3 Å². The van der Waals surface area contributed by atoms with E-state index in [4.69, 9.17) is 5.11 Å². The summed E-state index contributed by atoms with van der Waals surface area (Å²) in [7, 11) is 0. The zero-order valence-electron chi connectivity index (χ0n) is 11.6. The van der Waals surface area contributed by atoms with E-state index >= 15 is 0 Å². The number of aliphatic carboxylic acids is 1. The molecule has 0 aliphatic heterocycles. The minimum Gasteiger partial charge on any atom is -0.481 e. The van der Waals surface area contributed by atoms with Gasteiger partial charge in [0.2, 0.25) is 0 Å². The van der Waals surface area contributed by atoms with Gasteiger partial charge in [0, 0.05) is 18.0 Å². The van der Waals surface area contributed by atoms with E-state index in [1.165, 1.54) is 12.8 Å². The number of carboxylic acids is 1. The van der Waals surface area contributed by atoms with Crippen LogP contribution >= 0.6 is 0 Å². The van der Waals surface area contributed by atoms with Gasteiger partial charge in [-0.2, -0.15) is 0 Å². The summed E-state index contributed by atoms with van der Waals surface area (Å²) in [4.78, 5) is 10.5. The maximum absolute atomic E-state index is 10.5. The van der Waals surface area contributed by atoms with E-state index in [2.05, 4.69) is 15.5 Å². The van der Waals surface area contributed by atoms with Crippen LogP contribution in [0.1, 0.15) is 24.8 Å². The zero-order chi connectivity index (χ0) is 14.7. The summed E-state index contributed by atoms with van der Waals surface area (Å²) in [6, 6.07) is 12.2. The van der Waals surface area contributed by atoms with Crippen LogP contribution in [0.25, 0.3) is 11.3 Å². The number of carbonyl (C=O) groups is 1. The van der Waals surface area contributed by atoms with E-state index in [0.717, 1.165) is 22.6 Å². The second-order valence-electron chi connectivity index (χ2n) is 5.31. The van der Waals surface area contributed by atoms with Crippen molar-refractivity contribution in [2.75, 3.05) is 5.32 Å². The minimum atomic E-state index is -0.774. The van der Waals surface area contributed by atoms with Gasteiger partial charge in [-0.1, -0.05) is 24.3 Å². The molecule has 108 valence electrons. The minimum absolute atomic E-state index is 0.153. The zero-order valence-corrected chi connectivity index (χ0v) is 11.6. The second-order valence-corrected chi connectivity index (χ2v) is 5.31. The third-order valence-electron chi connectivity index (χ3n) is 3.47. The number of rotatable bonds is 6. The number of nitrogens with one attached hydrogen (secondary N) is 1. The van der Waals surface area contributed by atoms with Gasteiger partial charge in [-0.05, 0) is 37.0 Å². The molecule has 1 heterocycles. The molecule has 0 atom stereocenters. The molecular formula is C16H17N3O2. The molecule has 0 spiro atoms. The molecule has 0 saturated heterocycles. The summed E-state index contributed by atoms with van der Waals surface area (Å²) in [6.07, 6.45) is 3.12. The van der Waals surface area contributed by atoms with Gasteiger partial charge in [0.15, 0.2) is 0 Å². The number of aryl methyl sites for hydroxylation is 1. The molecular weight excluding hydrogens is 266 g/mol. The Bertz CT molecular complexity index is 619. The Balaban J connectivity index is 1.66. The molecule has 5 nitrogen and oxygen atoms in total. The summed E-state index contributed by atoms with van der Waals surface area (Å²) >= 11 is 0. The first-order chi connectivity index (χ1) is 10.2. The summed E-state index contributed by atoms with van der Waals surface area (Å²) < 4.78 is 0. The smallest absolute Gasteiger partial charge is 0.303 e. The lowest BCUT2D eigenvalue weighted by molar-refractivity contribution is -0.136. The van der Waals surface area contributed by atoms with Crippen molar-refractivity contribution in [2.45, 2.75) is 31.7 Å². The maximum Gasteiger partial charge on any atom is 0.303 e. The van der Waals surface area contributed by atoms with Crippen molar-refractivity contribution in [3.63, 3.8) is 0 Å². The summed E-state index contributed by atoms with van der Waals surface area (Å²) in [5, 5.41) is 20.4. The molecule has 3 rings (SSSR count). The number of hydrogen-bond acceptors (Lipinski definition) is 4. The van der Waals surface area contributed by atoms with Gasteiger partial charge in [-0.25, -0.2) is 0 Å². The Morgan fingerprint density at radius 1 is 1.14 bits per heavy atom. The highest BCUT2D eigenvalue weighted by atomic mass is 16.4. The second kappa shape index (κ2) is 5.91. The summed E-state index contributed by atoms with van der Waals surface area (Å²) in [5.41, 5.74) is 2.82. The first-order valence-corrected chi connectivity index (χ1v) is 7.12. The van der Waals surface area contributed by atoms with Crippen molar-refractivity contribution >= 4 is 11.8 Å². The Morgan fingerprint density at radius 2 is 1.90 bits per heavy atom. The molecule has 5 heteroatoms. The molecule has 0 amide bonds. The topological polar surface area (TPSA) is 75.1 Å². The van der Waals surface area contributed by atoms with Crippen LogP contribution in [0.4, 0.5) is 5.82 Å². The van der Waals surface area contributed by atoms with Gasteiger partial charge in [-0.3, -0.25) is 4.79 Å². The normalized spacial score (nSPS) is 13.9. The van der Waals surface area contributed by atoms with Gasteiger partial charge >= 0.3 is 5.97 Å². The Hall–Kier alpha value is -2.43. The van der Waals surface area contributed by atoms with Crippen LogP contribution in [0, 0.1) is 0 Å². The average Bonchev–Trinajstić information content (AvgIpc) is 3.30. The van der Waals surface area contributed by atoms with E-state index < -0.39 is 5.97 Å². The average molecular weight is 283 g/mol. The van der Waals surface area contributed by atoms with E-state index in [1.54, 1.807) is 0 Å². The van der Waals surface area contributed by atoms with E-state index in [1.807, 2.05) is 36.4 Å². The lowest BCUT2D eigenvalue weighted by atomic mass is 10.1. The van der Waals surface area contributed by atoms with Crippen LogP contribution in [0.5, 0.6) is 0 Å². The van der Waals surface area contributed by atoms with Crippen LogP contribution < -0.4 is 5.32 Å². The first kappa shape index (κ1) is 13.5. The van der Waals surface area contributed by atoms with Crippen molar-refractivity contribution in [2.24, 2.45) is 0 Å². The quantitative estimate of drug-likeness (QED) is 0.852. The van der Waals surface area contributed by atoms with Crippen molar-refractivity contribution in [1.29, 1.82) is 0 Å². The lowest BCUT2D eigenvalue weighted by Crippen LogP contribution is -2.03. The van der Waals surface area contributed by atoms with Crippen LogP contribution in [-0.2, 0) is 11.2 Å². The molecule has 0 unspecified atom stereocenters. The van der Waals surface area contributed by atoms with Gasteiger partial charge in [0.05, 0.1) is 5.69 Å². The molecule has 1 aromatic carbocycles. The number of aromatic nitrogens is 2. The molecule has 0 bridgehead atoms. The van der Waals surface area contributed by atoms with Gasteiger partial charge in [0.1, 0.15) is 5.82 Å². The molecule has 1 fully saturated rings. The molecule has 2 N–H and O–H groups in total. The van der Waals surface area contributed by atoms with Crippen molar-refractivity contribution in [1.82, 2.24) is 10.2 Å². The molecule has 0 radical (unpaired) electrons. The van der Waals surface area contributed by atoms with Gasteiger partial charge in [-0.15, -0.1) is 10.2 Å². The molecule has 1 aliphatic rings. The molecule has 1 saturated carbocycles. The predicted molar refractivity (Wildman–Crippen MR) is 80.1 cm³/mol. The van der Waals surface area contributed by atoms with Crippen LogP contribution in [0.3, 0.4) is 0 Å². The predicted octanol–water partition coefficient (Wildman–Crippen LogP) is 2.74. The van der Waals surface area contributed by atoms with Crippen LogP contribution in [0.15, 0.2) is 36.4 Å². The Labute approximate surface area is 123 Å². The third-order valence-corrected chi connectivity index (χ3v) is 3.47.